The predicted octanol–water partition coefficient (Wildman–Crippen LogP) is 6.63. The number of hydrogen-bond acceptors (Lipinski definition) is 1. The van der Waals surface area contributed by atoms with Gasteiger partial charge in [0.2, 0.25) is 0 Å². The van der Waals surface area contributed by atoms with Crippen LogP contribution >= 0.6 is 27.3 Å². The van der Waals surface area contributed by atoms with Crippen molar-refractivity contribution in [3.8, 4) is 11.1 Å². The Kier molecular flexibility index (Phi) is 3.47. The van der Waals surface area contributed by atoms with Gasteiger partial charge >= 0.3 is 0 Å². The van der Waals surface area contributed by atoms with Crippen LogP contribution in [0.25, 0.3) is 21.2 Å². The lowest BCUT2D eigenvalue weighted by Gasteiger charge is -2.21. The molecule has 1 heterocycles. The molecule has 0 amide bonds. The monoisotopic (exact) mass is 344 g/mol. The molecule has 0 atom stereocenters. The van der Waals surface area contributed by atoms with E-state index in [1.807, 2.05) is 11.3 Å². The van der Waals surface area contributed by atoms with E-state index in [9.17, 15) is 0 Å². The van der Waals surface area contributed by atoms with Gasteiger partial charge in [0.25, 0.3) is 0 Å². The first kappa shape index (κ1) is 13.8. The molecule has 2 heteroatoms. The number of rotatable bonds is 1. The summed E-state index contributed by atoms with van der Waals surface area (Å²) in [6, 6.07) is 15.3. The van der Waals surface area contributed by atoms with Crippen LogP contribution in [-0.2, 0) is 5.41 Å². The average molecular weight is 345 g/mol. The molecule has 0 saturated carbocycles. The van der Waals surface area contributed by atoms with E-state index in [4.69, 9.17) is 0 Å². The van der Waals surface area contributed by atoms with Gasteiger partial charge in [0, 0.05) is 20.1 Å². The molecule has 0 radical (unpaired) electrons. The van der Waals surface area contributed by atoms with Gasteiger partial charge in [-0.05, 0) is 40.1 Å². The molecule has 20 heavy (non-hydrogen) atoms. The highest BCUT2D eigenvalue weighted by Gasteiger charge is 2.18. The number of hydrogen-bond donors (Lipinski definition) is 0. The molecule has 0 aliphatic carbocycles. The Hall–Kier alpha value is -1.12. The van der Waals surface area contributed by atoms with Crippen LogP contribution in [0.4, 0.5) is 0 Å². The van der Waals surface area contributed by atoms with Crippen molar-refractivity contribution in [2.24, 2.45) is 0 Å². The van der Waals surface area contributed by atoms with Crippen LogP contribution in [0.15, 0.2) is 52.3 Å². The summed E-state index contributed by atoms with van der Waals surface area (Å²) in [5, 5.41) is 3.61. The molecule has 3 aromatic rings. The fourth-order valence-corrected chi connectivity index (χ4v) is 4.28. The summed E-state index contributed by atoms with van der Waals surface area (Å²) in [4.78, 5) is 0. The Morgan fingerprint density at radius 2 is 1.75 bits per heavy atom. The Labute approximate surface area is 132 Å². The van der Waals surface area contributed by atoms with Crippen LogP contribution in [0.2, 0.25) is 0 Å². The highest BCUT2D eigenvalue weighted by molar-refractivity contribution is 9.10. The van der Waals surface area contributed by atoms with Crippen LogP contribution < -0.4 is 0 Å². The minimum Gasteiger partial charge on any atom is -0.143 e. The van der Waals surface area contributed by atoms with Gasteiger partial charge < -0.3 is 0 Å². The SMILES string of the molecule is CC(C)(C)c1cc(-c2csc3ccccc23)ccc1Br. The fourth-order valence-electron chi connectivity index (χ4n) is 2.47. The van der Waals surface area contributed by atoms with Crippen molar-refractivity contribution < 1.29 is 0 Å². The first-order valence-corrected chi connectivity index (χ1v) is 8.41. The summed E-state index contributed by atoms with van der Waals surface area (Å²) in [7, 11) is 0. The second-order valence-electron chi connectivity index (χ2n) is 6.09. The summed E-state index contributed by atoms with van der Waals surface area (Å²) < 4.78 is 2.54. The lowest BCUT2D eigenvalue weighted by atomic mass is 9.85. The van der Waals surface area contributed by atoms with Crippen LogP contribution in [0.3, 0.4) is 0 Å². The summed E-state index contributed by atoms with van der Waals surface area (Å²) in [6.07, 6.45) is 0. The Morgan fingerprint density at radius 3 is 2.50 bits per heavy atom. The minimum absolute atomic E-state index is 0.140. The molecule has 0 aliphatic rings. The molecule has 0 aliphatic heterocycles. The predicted molar refractivity (Wildman–Crippen MR) is 93.7 cm³/mol. The molecular formula is C18H17BrS. The van der Waals surface area contributed by atoms with Gasteiger partial charge in [-0.1, -0.05) is 61.0 Å². The summed E-state index contributed by atoms with van der Waals surface area (Å²) in [5.74, 6) is 0. The van der Waals surface area contributed by atoms with E-state index in [2.05, 4.69) is 84.5 Å². The Balaban J connectivity index is 2.20. The summed E-state index contributed by atoms with van der Waals surface area (Å²) in [6.45, 7) is 6.76. The maximum atomic E-state index is 3.68. The van der Waals surface area contributed by atoms with E-state index in [0.717, 1.165) is 0 Å². The van der Waals surface area contributed by atoms with Gasteiger partial charge in [0.1, 0.15) is 0 Å². The van der Waals surface area contributed by atoms with Crippen LogP contribution in [-0.4, -0.2) is 0 Å². The zero-order chi connectivity index (χ0) is 14.3. The maximum Gasteiger partial charge on any atom is 0.0349 e. The van der Waals surface area contributed by atoms with Gasteiger partial charge in [-0.2, -0.15) is 0 Å². The molecule has 2 aromatic carbocycles. The van der Waals surface area contributed by atoms with Crippen LogP contribution in [0, 0.1) is 0 Å². The third kappa shape index (κ3) is 2.43. The van der Waals surface area contributed by atoms with E-state index in [-0.39, 0.29) is 5.41 Å². The quantitative estimate of drug-likeness (QED) is 0.464. The smallest absolute Gasteiger partial charge is 0.0349 e. The van der Waals surface area contributed by atoms with Crippen molar-refractivity contribution in [2.75, 3.05) is 0 Å². The molecular weight excluding hydrogens is 328 g/mol. The van der Waals surface area contributed by atoms with E-state index in [1.165, 1.54) is 31.2 Å². The van der Waals surface area contributed by atoms with Crippen molar-refractivity contribution in [3.63, 3.8) is 0 Å². The second-order valence-corrected chi connectivity index (χ2v) is 7.86. The molecule has 0 nitrogen and oxygen atoms in total. The zero-order valence-electron chi connectivity index (χ0n) is 11.9. The molecule has 0 fully saturated rings. The normalized spacial score (nSPS) is 12.0. The van der Waals surface area contributed by atoms with E-state index in [1.54, 1.807) is 0 Å². The van der Waals surface area contributed by atoms with Gasteiger partial charge in [-0.25, -0.2) is 0 Å². The molecule has 1 aromatic heterocycles. The summed E-state index contributed by atoms with van der Waals surface area (Å²) >= 11 is 5.50. The molecule has 0 N–H and O–H groups in total. The van der Waals surface area contributed by atoms with E-state index < -0.39 is 0 Å². The second kappa shape index (κ2) is 5.01. The number of fused-ring (bicyclic) bond motifs is 1. The third-order valence-electron chi connectivity index (χ3n) is 3.57. The zero-order valence-corrected chi connectivity index (χ0v) is 14.3. The number of benzene rings is 2. The van der Waals surface area contributed by atoms with Gasteiger partial charge in [-0.3, -0.25) is 0 Å². The van der Waals surface area contributed by atoms with Crippen LogP contribution in [0.5, 0.6) is 0 Å². The first-order chi connectivity index (χ1) is 9.47. The van der Waals surface area contributed by atoms with Crippen molar-refractivity contribution in [2.45, 2.75) is 26.2 Å². The summed E-state index contributed by atoms with van der Waals surface area (Å²) in [5.41, 5.74) is 4.13. The molecule has 102 valence electrons. The van der Waals surface area contributed by atoms with Gasteiger partial charge in [0.05, 0.1) is 0 Å². The Morgan fingerprint density at radius 1 is 1.00 bits per heavy atom. The molecule has 0 saturated heterocycles. The van der Waals surface area contributed by atoms with Crippen molar-refractivity contribution >= 4 is 37.4 Å². The average Bonchev–Trinajstić information content (AvgIpc) is 2.82. The van der Waals surface area contributed by atoms with Crippen LogP contribution in [0.1, 0.15) is 26.3 Å². The minimum atomic E-state index is 0.140. The third-order valence-corrected chi connectivity index (χ3v) is 5.22. The number of halogens is 1. The highest BCUT2D eigenvalue weighted by Crippen LogP contribution is 2.38. The van der Waals surface area contributed by atoms with Crippen molar-refractivity contribution in [1.82, 2.24) is 0 Å². The lowest BCUT2D eigenvalue weighted by molar-refractivity contribution is 0.587. The first-order valence-electron chi connectivity index (χ1n) is 6.73. The van der Waals surface area contributed by atoms with E-state index in [0.29, 0.717) is 0 Å². The maximum absolute atomic E-state index is 3.68. The highest BCUT2D eigenvalue weighted by atomic mass is 79.9. The van der Waals surface area contributed by atoms with E-state index >= 15 is 0 Å². The Bertz CT molecular complexity index is 762. The van der Waals surface area contributed by atoms with Gasteiger partial charge in [0.15, 0.2) is 0 Å². The van der Waals surface area contributed by atoms with Gasteiger partial charge in [-0.15, -0.1) is 11.3 Å². The largest absolute Gasteiger partial charge is 0.143 e. The molecule has 0 unspecified atom stereocenters. The fraction of sp³-hybridized carbons (Fsp3) is 0.222. The standard InChI is InChI=1S/C18H17BrS/c1-18(2,3)15-10-12(8-9-16(15)19)14-11-20-17-7-5-4-6-13(14)17/h4-11H,1-3H3. The molecule has 3 rings (SSSR count). The lowest BCUT2D eigenvalue weighted by Crippen LogP contribution is -2.11. The van der Waals surface area contributed by atoms with Crippen molar-refractivity contribution in [1.29, 1.82) is 0 Å². The molecule has 0 bridgehead atoms. The number of thiophene rings is 1. The molecule has 0 spiro atoms. The van der Waals surface area contributed by atoms with Crippen molar-refractivity contribution in [3.05, 3.63) is 57.9 Å². The topological polar surface area (TPSA) is 0 Å².